The van der Waals surface area contributed by atoms with Gasteiger partial charge in [0.05, 0.1) is 53.4 Å². The second-order valence-electron chi connectivity index (χ2n) is 14.6. The Balaban J connectivity index is 0.000000132. The Morgan fingerprint density at radius 2 is 0.688 bits per heavy atom. The Bertz CT molecular complexity index is 574. The maximum Gasteiger partial charge on any atom is 0.0994 e. The SMILES string of the molecule is C[N+](C)(C)C12CC3CC(CC(C3)C1)C2.C[N+](C)(C)C12CC3CC(CC(C3)C1)C2.O=C([O-])[O-]. The first-order valence-corrected chi connectivity index (χ1v) is 13.2. The lowest BCUT2D eigenvalue weighted by Crippen LogP contribution is -2.65. The molecule has 5 heteroatoms. The van der Waals surface area contributed by atoms with Gasteiger partial charge < -0.3 is 24.0 Å². The highest BCUT2D eigenvalue weighted by atomic mass is 16.6. The van der Waals surface area contributed by atoms with E-state index in [-0.39, 0.29) is 0 Å². The molecule has 8 saturated carbocycles. The lowest BCUT2D eigenvalue weighted by atomic mass is 9.52. The molecule has 0 saturated heterocycles. The number of hydrogen-bond donors (Lipinski definition) is 0. The van der Waals surface area contributed by atoms with Crippen LogP contribution in [-0.4, -0.2) is 68.5 Å². The van der Waals surface area contributed by atoms with E-state index in [0.29, 0.717) is 11.1 Å². The number of quaternary nitrogens is 2. The summed E-state index contributed by atoms with van der Waals surface area (Å²) in [5.41, 5.74) is 1.35. The third kappa shape index (κ3) is 4.58. The van der Waals surface area contributed by atoms with Gasteiger partial charge in [0.25, 0.3) is 0 Å². The molecule has 8 bridgehead atoms. The Morgan fingerprint density at radius 1 is 0.531 bits per heavy atom. The maximum absolute atomic E-state index is 8.33. The van der Waals surface area contributed by atoms with Gasteiger partial charge in [0.1, 0.15) is 0 Å². The van der Waals surface area contributed by atoms with Gasteiger partial charge in [-0.1, -0.05) is 0 Å². The van der Waals surface area contributed by atoms with E-state index < -0.39 is 6.16 Å². The number of rotatable bonds is 2. The smallest absolute Gasteiger partial charge is 0.0994 e. The van der Waals surface area contributed by atoms with E-state index in [9.17, 15) is 0 Å². The normalized spacial score (nSPS) is 45.6. The summed E-state index contributed by atoms with van der Waals surface area (Å²) < 4.78 is 2.44. The van der Waals surface area contributed by atoms with Crippen LogP contribution in [-0.2, 0) is 0 Å². The molecule has 0 heterocycles. The lowest BCUT2D eigenvalue weighted by molar-refractivity contribution is -0.930. The van der Waals surface area contributed by atoms with Crippen molar-refractivity contribution >= 4 is 6.16 Å². The molecular formula is C27H48N2O3. The third-order valence-electron chi connectivity index (χ3n) is 10.9. The highest BCUT2D eigenvalue weighted by Gasteiger charge is 2.58. The summed E-state index contributed by atoms with van der Waals surface area (Å²) in [5.74, 6) is 6.58. The zero-order chi connectivity index (χ0) is 23.5. The molecule has 0 aromatic rings. The van der Waals surface area contributed by atoms with Crippen molar-refractivity contribution in [2.24, 2.45) is 35.5 Å². The second-order valence-corrected chi connectivity index (χ2v) is 14.6. The fourth-order valence-electron chi connectivity index (χ4n) is 9.77. The predicted octanol–water partition coefficient (Wildman–Crippen LogP) is 2.88. The monoisotopic (exact) mass is 448 g/mol. The first-order valence-electron chi connectivity index (χ1n) is 13.2. The summed E-state index contributed by atoms with van der Waals surface area (Å²) >= 11 is 0. The minimum Gasteiger partial charge on any atom is -0.652 e. The molecule has 32 heavy (non-hydrogen) atoms. The van der Waals surface area contributed by atoms with Gasteiger partial charge in [0, 0.05) is 38.5 Å². The van der Waals surface area contributed by atoms with Crippen molar-refractivity contribution in [3.05, 3.63) is 0 Å². The van der Waals surface area contributed by atoms with Crippen LogP contribution in [0.15, 0.2) is 0 Å². The molecule has 8 fully saturated rings. The van der Waals surface area contributed by atoms with E-state index >= 15 is 0 Å². The summed E-state index contributed by atoms with van der Waals surface area (Å²) in [6.45, 7) is 0. The third-order valence-corrected chi connectivity index (χ3v) is 10.9. The quantitative estimate of drug-likeness (QED) is 0.610. The molecule has 184 valence electrons. The zero-order valence-electron chi connectivity index (χ0n) is 21.6. The van der Waals surface area contributed by atoms with E-state index in [0.717, 1.165) is 35.5 Å². The van der Waals surface area contributed by atoms with Crippen LogP contribution in [0, 0.1) is 35.5 Å². The average Bonchev–Trinajstić information content (AvgIpc) is 2.57. The van der Waals surface area contributed by atoms with Gasteiger partial charge in [-0.3, -0.25) is 0 Å². The molecular weight excluding hydrogens is 400 g/mol. The molecule has 8 aliphatic carbocycles. The van der Waals surface area contributed by atoms with E-state index in [1.807, 2.05) is 0 Å². The number of carbonyl (C=O) groups excluding carboxylic acids is 1. The van der Waals surface area contributed by atoms with Crippen molar-refractivity contribution in [1.29, 1.82) is 0 Å². The Kier molecular flexibility index (Phi) is 6.19. The molecule has 0 unspecified atom stereocenters. The van der Waals surface area contributed by atoms with Crippen LogP contribution >= 0.6 is 0 Å². The molecule has 0 N–H and O–H groups in total. The summed E-state index contributed by atoms with van der Waals surface area (Å²) in [7, 11) is 14.5. The van der Waals surface area contributed by atoms with Crippen LogP contribution in [0.5, 0.6) is 0 Å². The molecule has 5 nitrogen and oxygen atoms in total. The summed E-state index contributed by atoms with van der Waals surface area (Å²) in [6.07, 6.45) is 16.3. The fraction of sp³-hybridized carbons (Fsp3) is 0.963. The number of carboxylic acid groups (broad SMARTS) is 2. The fourth-order valence-corrected chi connectivity index (χ4v) is 9.77. The van der Waals surface area contributed by atoms with Gasteiger partial charge in [0.15, 0.2) is 0 Å². The predicted molar refractivity (Wildman–Crippen MR) is 123 cm³/mol. The van der Waals surface area contributed by atoms with Gasteiger partial charge in [-0.05, 0) is 80.2 Å². The maximum atomic E-state index is 8.33. The van der Waals surface area contributed by atoms with Crippen molar-refractivity contribution in [1.82, 2.24) is 0 Å². The van der Waals surface area contributed by atoms with Crippen LogP contribution in [0.4, 0.5) is 4.79 Å². The van der Waals surface area contributed by atoms with Crippen molar-refractivity contribution < 1.29 is 24.0 Å². The van der Waals surface area contributed by atoms with Crippen LogP contribution in [0.2, 0.25) is 0 Å². The highest BCUT2D eigenvalue weighted by molar-refractivity contribution is 5.47. The van der Waals surface area contributed by atoms with Gasteiger partial charge >= 0.3 is 0 Å². The van der Waals surface area contributed by atoms with E-state index in [1.165, 1.54) is 47.5 Å². The lowest BCUT2D eigenvalue weighted by Gasteiger charge is -2.61. The van der Waals surface area contributed by atoms with Gasteiger partial charge in [-0.2, -0.15) is 0 Å². The van der Waals surface area contributed by atoms with Gasteiger partial charge in [-0.25, -0.2) is 0 Å². The Hall–Kier alpha value is -0.810. The minimum absolute atomic E-state index is 0.675. The van der Waals surface area contributed by atoms with Crippen LogP contribution in [0.25, 0.3) is 0 Å². The molecule has 0 aromatic heterocycles. The molecule has 0 aliphatic heterocycles. The van der Waals surface area contributed by atoms with Crippen molar-refractivity contribution in [2.45, 2.75) is 88.1 Å². The van der Waals surface area contributed by atoms with Crippen molar-refractivity contribution in [2.75, 3.05) is 42.3 Å². The summed E-state index contributed by atoms with van der Waals surface area (Å²) in [6, 6.07) is 0. The zero-order valence-corrected chi connectivity index (χ0v) is 21.6. The molecule has 0 amide bonds. The Labute approximate surface area is 196 Å². The van der Waals surface area contributed by atoms with Crippen molar-refractivity contribution in [3.8, 4) is 0 Å². The average molecular weight is 449 g/mol. The van der Waals surface area contributed by atoms with Crippen molar-refractivity contribution in [3.63, 3.8) is 0 Å². The minimum atomic E-state index is -2.33. The van der Waals surface area contributed by atoms with E-state index in [2.05, 4.69) is 42.3 Å². The molecule has 0 aromatic carbocycles. The standard InChI is InChI=1S/2C13H24N.CH2O3/c2*1-14(2,3)13-7-10-4-11(8-13)6-12(5-10)9-13;2-1(3)4/h2*10-12H,4-9H2,1-3H3;(H2,2,3,4)/q2*+1;/p-2. The first kappa shape index (κ1) is 24.3. The first-order chi connectivity index (χ1) is 14.7. The van der Waals surface area contributed by atoms with Gasteiger partial charge in [0.2, 0.25) is 0 Å². The molecule has 0 radical (unpaired) electrons. The van der Waals surface area contributed by atoms with Crippen LogP contribution < -0.4 is 10.2 Å². The molecule has 0 atom stereocenters. The Morgan fingerprint density at radius 3 is 0.812 bits per heavy atom. The summed E-state index contributed by atoms with van der Waals surface area (Å²) in [4.78, 5) is 8.33. The number of nitrogens with zero attached hydrogens (tertiary/aromatic N) is 2. The second kappa shape index (κ2) is 8.15. The molecule has 0 spiro atoms. The van der Waals surface area contributed by atoms with E-state index in [1.54, 1.807) is 38.5 Å². The van der Waals surface area contributed by atoms with Crippen LogP contribution in [0.3, 0.4) is 0 Å². The largest absolute Gasteiger partial charge is 0.652 e. The van der Waals surface area contributed by atoms with E-state index in [4.69, 9.17) is 15.0 Å². The van der Waals surface area contributed by atoms with Gasteiger partial charge in [-0.15, -0.1) is 0 Å². The summed E-state index contributed by atoms with van der Waals surface area (Å²) in [5, 5.41) is 16.7. The topological polar surface area (TPSA) is 63.2 Å². The molecule has 8 aliphatic rings. The number of hydrogen-bond acceptors (Lipinski definition) is 3. The highest BCUT2D eigenvalue weighted by Crippen LogP contribution is 2.59. The number of carbonyl (C=O) groups is 1. The molecule has 8 rings (SSSR count). The van der Waals surface area contributed by atoms with Crippen LogP contribution in [0.1, 0.15) is 77.0 Å².